The van der Waals surface area contributed by atoms with Crippen molar-refractivity contribution in [3.8, 4) is 0 Å². The van der Waals surface area contributed by atoms with Crippen molar-refractivity contribution in [3.63, 3.8) is 0 Å². The summed E-state index contributed by atoms with van der Waals surface area (Å²) < 4.78 is 0. The van der Waals surface area contributed by atoms with Crippen LogP contribution in [0.3, 0.4) is 0 Å². The van der Waals surface area contributed by atoms with E-state index in [1.54, 1.807) is 0 Å². The molecule has 0 aliphatic carbocycles. The van der Waals surface area contributed by atoms with Crippen LogP contribution in [0.4, 0.5) is 0 Å². The van der Waals surface area contributed by atoms with Gasteiger partial charge in [-0.2, -0.15) is 0 Å². The van der Waals surface area contributed by atoms with Crippen LogP contribution < -0.4 is 0 Å². The first kappa shape index (κ1) is 18.5. The number of fused-ring (bicyclic) bond motifs is 3. The Morgan fingerprint density at radius 3 is 2.78 bits per heavy atom. The van der Waals surface area contributed by atoms with E-state index in [1.807, 2.05) is 0 Å². The Kier molecular flexibility index (Phi) is 5.50. The number of H-pyrrole nitrogens is 1. The van der Waals surface area contributed by atoms with Gasteiger partial charge >= 0.3 is 0 Å². The molecule has 0 radical (unpaired) electrons. The van der Waals surface area contributed by atoms with Crippen LogP contribution in [0.5, 0.6) is 0 Å². The van der Waals surface area contributed by atoms with Gasteiger partial charge in [-0.25, -0.2) is 0 Å². The lowest BCUT2D eigenvalue weighted by Crippen LogP contribution is -2.50. The first-order chi connectivity index (χ1) is 13.2. The van der Waals surface area contributed by atoms with Crippen molar-refractivity contribution in [2.24, 2.45) is 0 Å². The Balaban J connectivity index is 1.42. The summed E-state index contributed by atoms with van der Waals surface area (Å²) in [5.41, 5.74) is 3.95. The first-order valence-electron chi connectivity index (χ1n) is 10.4. The molecule has 2 aliphatic rings. The summed E-state index contributed by atoms with van der Waals surface area (Å²) in [5, 5.41) is 1.34. The first-order valence-corrected chi connectivity index (χ1v) is 10.4. The van der Waals surface area contributed by atoms with Gasteiger partial charge in [0.2, 0.25) is 5.91 Å². The molecular weight excluding hydrogens is 336 g/mol. The summed E-state index contributed by atoms with van der Waals surface area (Å²) in [5.74, 6) is 0.311. The third kappa shape index (κ3) is 3.90. The van der Waals surface area contributed by atoms with E-state index in [0.29, 0.717) is 18.5 Å². The molecule has 2 aromatic rings. The number of rotatable bonds is 5. The number of piperidine rings is 1. The standard InChI is InChI=1S/C22H32N4O/c1-3-11-26(17-8-12-24(2)13-9-17)22(27)16-25-14-10-19-18-6-4-5-7-20(18)23-21(19)15-25/h4-7,17,23H,3,8-16H2,1-2H3. The smallest absolute Gasteiger partial charge is 0.237 e. The van der Waals surface area contributed by atoms with Crippen molar-refractivity contribution < 1.29 is 4.79 Å². The largest absolute Gasteiger partial charge is 0.357 e. The molecule has 1 fully saturated rings. The van der Waals surface area contributed by atoms with Crippen LogP contribution in [0.15, 0.2) is 24.3 Å². The second-order valence-corrected chi connectivity index (χ2v) is 8.21. The quantitative estimate of drug-likeness (QED) is 0.882. The SMILES string of the molecule is CCCN(C(=O)CN1CCc2c([nH]c3ccccc23)C1)C1CCN(C)CC1. The maximum atomic E-state index is 13.1. The van der Waals surface area contributed by atoms with Crippen molar-refractivity contribution in [2.75, 3.05) is 39.8 Å². The molecule has 0 spiro atoms. The number of aromatic nitrogens is 1. The molecule has 1 aromatic heterocycles. The molecule has 1 amide bonds. The Morgan fingerprint density at radius 2 is 2.00 bits per heavy atom. The van der Waals surface area contributed by atoms with Crippen LogP contribution in [0, 0.1) is 0 Å². The Hall–Kier alpha value is -1.85. The predicted molar refractivity (Wildman–Crippen MR) is 110 cm³/mol. The minimum absolute atomic E-state index is 0.311. The molecular formula is C22H32N4O. The van der Waals surface area contributed by atoms with Crippen LogP contribution in [-0.2, 0) is 17.8 Å². The number of hydrogen-bond donors (Lipinski definition) is 1. The number of nitrogens with one attached hydrogen (secondary N) is 1. The summed E-state index contributed by atoms with van der Waals surface area (Å²) in [7, 11) is 2.17. The summed E-state index contributed by atoms with van der Waals surface area (Å²) in [4.78, 5) is 23.6. The molecule has 1 aromatic carbocycles. The molecule has 27 heavy (non-hydrogen) atoms. The van der Waals surface area contributed by atoms with Gasteiger partial charge in [0.15, 0.2) is 0 Å². The summed E-state index contributed by atoms with van der Waals surface area (Å²) in [6.07, 6.45) is 4.27. The fourth-order valence-corrected chi connectivity index (χ4v) is 4.72. The highest BCUT2D eigenvalue weighted by Crippen LogP contribution is 2.27. The minimum atomic E-state index is 0.311. The van der Waals surface area contributed by atoms with Gasteiger partial charge in [-0.05, 0) is 57.5 Å². The van der Waals surface area contributed by atoms with Gasteiger partial charge in [-0.3, -0.25) is 9.69 Å². The van der Waals surface area contributed by atoms with Gasteiger partial charge in [-0.1, -0.05) is 25.1 Å². The number of hydrogen-bond acceptors (Lipinski definition) is 3. The molecule has 4 rings (SSSR count). The van der Waals surface area contributed by atoms with E-state index in [9.17, 15) is 4.79 Å². The summed E-state index contributed by atoms with van der Waals surface area (Å²) in [6.45, 7) is 7.62. The van der Waals surface area contributed by atoms with E-state index in [-0.39, 0.29) is 0 Å². The van der Waals surface area contributed by atoms with E-state index in [4.69, 9.17) is 0 Å². The number of aromatic amines is 1. The number of amides is 1. The fraction of sp³-hybridized carbons (Fsp3) is 0.591. The number of likely N-dealkylation sites (tertiary alicyclic amines) is 1. The zero-order chi connectivity index (χ0) is 18.8. The molecule has 0 bridgehead atoms. The molecule has 5 heteroatoms. The molecule has 5 nitrogen and oxygen atoms in total. The van der Waals surface area contributed by atoms with Crippen LogP contribution in [0.25, 0.3) is 10.9 Å². The molecule has 1 N–H and O–H groups in total. The van der Waals surface area contributed by atoms with E-state index in [0.717, 1.165) is 58.4 Å². The highest BCUT2D eigenvalue weighted by Gasteiger charge is 2.29. The average molecular weight is 369 g/mol. The molecule has 0 atom stereocenters. The van der Waals surface area contributed by atoms with Crippen LogP contribution >= 0.6 is 0 Å². The third-order valence-corrected chi connectivity index (χ3v) is 6.23. The van der Waals surface area contributed by atoms with Crippen molar-refractivity contribution in [2.45, 2.75) is 45.2 Å². The number of carbonyl (C=O) groups excluding carboxylic acids is 1. The third-order valence-electron chi connectivity index (χ3n) is 6.23. The summed E-state index contributed by atoms with van der Waals surface area (Å²) in [6, 6.07) is 8.95. The fourth-order valence-electron chi connectivity index (χ4n) is 4.72. The van der Waals surface area contributed by atoms with Gasteiger partial charge in [0, 0.05) is 42.3 Å². The van der Waals surface area contributed by atoms with Crippen LogP contribution in [-0.4, -0.2) is 71.4 Å². The molecule has 0 saturated carbocycles. The van der Waals surface area contributed by atoms with Crippen molar-refractivity contribution in [1.82, 2.24) is 19.7 Å². The van der Waals surface area contributed by atoms with E-state index >= 15 is 0 Å². The number of benzene rings is 1. The lowest BCUT2D eigenvalue weighted by atomic mass is 10.0. The number of para-hydroxylation sites is 1. The monoisotopic (exact) mass is 368 g/mol. The van der Waals surface area contributed by atoms with Gasteiger partial charge in [-0.15, -0.1) is 0 Å². The minimum Gasteiger partial charge on any atom is -0.357 e. The maximum absolute atomic E-state index is 13.1. The topological polar surface area (TPSA) is 42.6 Å². The highest BCUT2D eigenvalue weighted by molar-refractivity contribution is 5.85. The Labute approximate surface area is 162 Å². The normalized spacial score (nSPS) is 19.3. The second kappa shape index (κ2) is 8.03. The molecule has 146 valence electrons. The van der Waals surface area contributed by atoms with Gasteiger partial charge in [0.05, 0.1) is 6.54 Å². The maximum Gasteiger partial charge on any atom is 0.237 e. The van der Waals surface area contributed by atoms with E-state index in [1.165, 1.54) is 22.2 Å². The summed E-state index contributed by atoms with van der Waals surface area (Å²) >= 11 is 0. The van der Waals surface area contributed by atoms with E-state index in [2.05, 4.69) is 57.9 Å². The van der Waals surface area contributed by atoms with Gasteiger partial charge < -0.3 is 14.8 Å². The lowest BCUT2D eigenvalue weighted by molar-refractivity contribution is -0.136. The molecule has 0 unspecified atom stereocenters. The molecule has 2 aliphatic heterocycles. The van der Waals surface area contributed by atoms with Gasteiger partial charge in [0.1, 0.15) is 0 Å². The van der Waals surface area contributed by atoms with E-state index < -0.39 is 0 Å². The zero-order valence-electron chi connectivity index (χ0n) is 16.7. The van der Waals surface area contributed by atoms with Gasteiger partial charge in [0.25, 0.3) is 0 Å². The molecule has 3 heterocycles. The Bertz CT molecular complexity index is 791. The number of nitrogens with zero attached hydrogens (tertiary/aromatic N) is 3. The Morgan fingerprint density at radius 1 is 1.22 bits per heavy atom. The average Bonchev–Trinajstić information content (AvgIpc) is 3.04. The van der Waals surface area contributed by atoms with Crippen LogP contribution in [0.2, 0.25) is 0 Å². The predicted octanol–water partition coefficient (Wildman–Crippen LogP) is 2.86. The highest BCUT2D eigenvalue weighted by atomic mass is 16.2. The lowest BCUT2D eigenvalue weighted by Gasteiger charge is -2.38. The zero-order valence-corrected chi connectivity index (χ0v) is 16.7. The van der Waals surface area contributed by atoms with Crippen molar-refractivity contribution in [3.05, 3.63) is 35.5 Å². The second-order valence-electron chi connectivity index (χ2n) is 8.21. The number of carbonyl (C=O) groups is 1. The van der Waals surface area contributed by atoms with Crippen LogP contribution in [0.1, 0.15) is 37.4 Å². The van der Waals surface area contributed by atoms with Crippen molar-refractivity contribution in [1.29, 1.82) is 0 Å². The van der Waals surface area contributed by atoms with Crippen molar-refractivity contribution >= 4 is 16.8 Å². The molecule has 1 saturated heterocycles.